The summed E-state index contributed by atoms with van der Waals surface area (Å²) in [5.74, 6) is 1.44. The van der Waals surface area contributed by atoms with Gasteiger partial charge in [0.15, 0.2) is 0 Å². The predicted molar refractivity (Wildman–Crippen MR) is 73.1 cm³/mol. The Balaban J connectivity index is 2.17. The number of halogens is 1. The normalized spacial score (nSPS) is 10.1. The third-order valence-corrected chi connectivity index (χ3v) is 3.39. The largest absolute Gasteiger partial charge is 0.492 e. The van der Waals surface area contributed by atoms with Gasteiger partial charge in [-0.25, -0.2) is 0 Å². The van der Waals surface area contributed by atoms with Crippen LogP contribution in [0.25, 0.3) is 0 Å². The molecule has 94 valence electrons. The summed E-state index contributed by atoms with van der Waals surface area (Å²) in [5.41, 5.74) is 0. The van der Waals surface area contributed by atoms with Crippen LogP contribution in [0.4, 0.5) is 4.79 Å². The van der Waals surface area contributed by atoms with Crippen molar-refractivity contribution in [2.45, 2.75) is 6.42 Å². The van der Waals surface area contributed by atoms with Crippen molar-refractivity contribution in [1.82, 2.24) is 4.90 Å². The minimum atomic E-state index is 0.0720. The molecule has 0 aliphatic carbocycles. The Bertz CT molecular complexity index is 371. The van der Waals surface area contributed by atoms with Crippen LogP contribution in [0.3, 0.4) is 0 Å². The maximum absolute atomic E-state index is 11.3. The minimum absolute atomic E-state index is 0.0720. The predicted octanol–water partition coefficient (Wildman–Crippen LogP) is 3.52. The highest BCUT2D eigenvalue weighted by Gasteiger charge is 2.04. The second-order valence-electron chi connectivity index (χ2n) is 3.64. The Morgan fingerprint density at radius 3 is 2.76 bits per heavy atom. The highest BCUT2D eigenvalue weighted by atomic mass is 35.5. The molecule has 3 nitrogen and oxygen atoms in total. The van der Waals surface area contributed by atoms with Crippen LogP contribution >= 0.6 is 23.4 Å². The van der Waals surface area contributed by atoms with Crippen LogP contribution < -0.4 is 4.74 Å². The van der Waals surface area contributed by atoms with Crippen molar-refractivity contribution in [2.24, 2.45) is 0 Å². The van der Waals surface area contributed by atoms with Gasteiger partial charge in [0.1, 0.15) is 5.75 Å². The zero-order chi connectivity index (χ0) is 12.7. The Morgan fingerprint density at radius 2 is 2.12 bits per heavy atom. The molecule has 0 spiro atoms. The van der Waals surface area contributed by atoms with Crippen LogP contribution in [0.15, 0.2) is 24.3 Å². The van der Waals surface area contributed by atoms with Crippen LogP contribution in [0.1, 0.15) is 6.42 Å². The lowest BCUT2D eigenvalue weighted by molar-refractivity contribution is 0.241. The summed E-state index contributed by atoms with van der Waals surface area (Å²) in [6.07, 6.45) is 0.815. The number of rotatable bonds is 5. The second kappa shape index (κ2) is 7.45. The van der Waals surface area contributed by atoms with E-state index in [1.807, 2.05) is 18.2 Å². The smallest absolute Gasteiger partial charge is 0.281 e. The molecule has 0 fully saturated rings. The summed E-state index contributed by atoms with van der Waals surface area (Å²) in [6, 6.07) is 7.37. The lowest BCUT2D eigenvalue weighted by Crippen LogP contribution is -2.17. The first-order valence-corrected chi connectivity index (χ1v) is 6.69. The van der Waals surface area contributed by atoms with Crippen LogP contribution in [0.2, 0.25) is 5.02 Å². The number of thioether (sulfide) groups is 1. The Morgan fingerprint density at radius 1 is 1.41 bits per heavy atom. The van der Waals surface area contributed by atoms with E-state index in [0.29, 0.717) is 17.4 Å². The van der Waals surface area contributed by atoms with Crippen molar-refractivity contribution < 1.29 is 9.53 Å². The quantitative estimate of drug-likeness (QED) is 0.769. The highest BCUT2D eigenvalue weighted by molar-refractivity contribution is 8.13. The molecular weight excluding hydrogens is 258 g/mol. The molecule has 0 heterocycles. The fraction of sp³-hybridized carbons (Fsp3) is 0.417. The maximum atomic E-state index is 11.3. The van der Waals surface area contributed by atoms with Gasteiger partial charge in [0.05, 0.1) is 11.6 Å². The molecule has 17 heavy (non-hydrogen) atoms. The van der Waals surface area contributed by atoms with Crippen molar-refractivity contribution in [3.63, 3.8) is 0 Å². The van der Waals surface area contributed by atoms with E-state index in [1.165, 1.54) is 11.8 Å². The first-order valence-electron chi connectivity index (χ1n) is 5.32. The van der Waals surface area contributed by atoms with Gasteiger partial charge in [-0.1, -0.05) is 35.5 Å². The molecule has 0 saturated heterocycles. The minimum Gasteiger partial charge on any atom is -0.492 e. The lowest BCUT2D eigenvalue weighted by Gasteiger charge is -2.10. The SMILES string of the molecule is CN(C)C(=O)SCCCOc1ccccc1Cl. The van der Waals surface area contributed by atoms with Gasteiger partial charge in [0.25, 0.3) is 5.24 Å². The summed E-state index contributed by atoms with van der Waals surface area (Å²) in [5, 5.41) is 0.687. The highest BCUT2D eigenvalue weighted by Crippen LogP contribution is 2.23. The van der Waals surface area contributed by atoms with E-state index >= 15 is 0 Å². The molecular formula is C12H16ClNO2S. The molecule has 0 aliphatic heterocycles. The van der Waals surface area contributed by atoms with Gasteiger partial charge in [-0.15, -0.1) is 0 Å². The van der Waals surface area contributed by atoms with Gasteiger partial charge in [-0.05, 0) is 18.6 Å². The van der Waals surface area contributed by atoms with Crippen LogP contribution in [-0.2, 0) is 0 Å². The van der Waals surface area contributed by atoms with Crippen molar-refractivity contribution in [1.29, 1.82) is 0 Å². The Labute approximate surface area is 111 Å². The molecule has 0 unspecified atom stereocenters. The first kappa shape index (κ1) is 14.2. The number of nitrogens with zero attached hydrogens (tertiary/aromatic N) is 1. The fourth-order valence-electron chi connectivity index (χ4n) is 1.09. The molecule has 1 amide bonds. The van der Waals surface area contributed by atoms with Gasteiger partial charge >= 0.3 is 0 Å². The van der Waals surface area contributed by atoms with Crippen LogP contribution in [0.5, 0.6) is 5.75 Å². The van der Waals surface area contributed by atoms with Gasteiger partial charge < -0.3 is 9.64 Å². The number of hydrogen-bond acceptors (Lipinski definition) is 3. The zero-order valence-corrected chi connectivity index (χ0v) is 11.6. The first-order chi connectivity index (χ1) is 8.11. The maximum Gasteiger partial charge on any atom is 0.281 e. The number of ether oxygens (including phenoxy) is 1. The van der Waals surface area contributed by atoms with Gasteiger partial charge in [0, 0.05) is 19.8 Å². The van der Waals surface area contributed by atoms with Crippen molar-refractivity contribution in [3.8, 4) is 5.75 Å². The van der Waals surface area contributed by atoms with Crippen LogP contribution in [0, 0.1) is 0 Å². The summed E-state index contributed by atoms with van der Waals surface area (Å²) >= 11 is 7.24. The molecule has 0 atom stereocenters. The van der Waals surface area contributed by atoms with Crippen LogP contribution in [-0.4, -0.2) is 36.6 Å². The molecule has 1 rings (SSSR count). The summed E-state index contributed by atoms with van der Waals surface area (Å²) in [7, 11) is 3.49. The van der Waals surface area contributed by atoms with Crippen molar-refractivity contribution in [2.75, 3.05) is 26.5 Å². The third kappa shape index (κ3) is 5.33. The number of carbonyl (C=O) groups is 1. The molecule has 0 bridgehead atoms. The van der Waals surface area contributed by atoms with E-state index in [4.69, 9.17) is 16.3 Å². The Kier molecular flexibility index (Phi) is 6.22. The van der Waals surface area contributed by atoms with E-state index in [9.17, 15) is 4.79 Å². The monoisotopic (exact) mass is 273 g/mol. The number of hydrogen-bond donors (Lipinski definition) is 0. The van der Waals surface area contributed by atoms with E-state index in [0.717, 1.165) is 12.2 Å². The second-order valence-corrected chi connectivity index (χ2v) is 5.09. The van der Waals surface area contributed by atoms with Gasteiger partial charge in [-0.3, -0.25) is 4.79 Å². The standard InChI is InChI=1S/C12H16ClNO2S/c1-14(2)12(15)17-9-5-8-16-11-7-4-3-6-10(11)13/h3-4,6-7H,5,8-9H2,1-2H3. The zero-order valence-electron chi connectivity index (χ0n) is 9.98. The molecule has 5 heteroatoms. The van der Waals surface area contributed by atoms with Crippen molar-refractivity contribution in [3.05, 3.63) is 29.3 Å². The number of carbonyl (C=O) groups excluding carboxylic acids is 1. The van der Waals surface area contributed by atoms with Gasteiger partial charge in [0.2, 0.25) is 0 Å². The molecule has 1 aromatic rings. The Hall–Kier alpha value is -0.870. The average Bonchev–Trinajstić information content (AvgIpc) is 2.30. The van der Waals surface area contributed by atoms with Gasteiger partial charge in [-0.2, -0.15) is 0 Å². The average molecular weight is 274 g/mol. The fourth-order valence-corrected chi connectivity index (χ4v) is 1.98. The molecule has 0 radical (unpaired) electrons. The molecule has 0 N–H and O–H groups in total. The number of amides is 1. The summed E-state index contributed by atoms with van der Waals surface area (Å²) < 4.78 is 5.51. The number of para-hydroxylation sites is 1. The molecule has 0 saturated carbocycles. The molecule has 0 aromatic heterocycles. The summed E-state index contributed by atoms with van der Waals surface area (Å²) in [4.78, 5) is 12.8. The van der Waals surface area contributed by atoms with E-state index in [2.05, 4.69) is 0 Å². The molecule has 0 aliphatic rings. The number of benzene rings is 1. The van der Waals surface area contributed by atoms with E-state index in [1.54, 1.807) is 25.1 Å². The lowest BCUT2D eigenvalue weighted by atomic mass is 10.3. The molecule has 1 aromatic carbocycles. The van der Waals surface area contributed by atoms with E-state index < -0.39 is 0 Å². The third-order valence-electron chi connectivity index (χ3n) is 1.97. The van der Waals surface area contributed by atoms with Crippen molar-refractivity contribution >= 4 is 28.6 Å². The van der Waals surface area contributed by atoms with E-state index in [-0.39, 0.29) is 5.24 Å². The summed E-state index contributed by atoms with van der Waals surface area (Å²) in [6.45, 7) is 0.567. The topological polar surface area (TPSA) is 29.5 Å².